The van der Waals surface area contributed by atoms with Gasteiger partial charge in [0.05, 0.1) is 39.3 Å². The Balaban J connectivity index is 1.66. The van der Waals surface area contributed by atoms with E-state index in [-0.39, 0.29) is 32.5 Å². The number of hydrogen-bond acceptors (Lipinski definition) is 6. The number of allylic oxidation sites excluding steroid dienone is 1. The zero-order valence-electron chi connectivity index (χ0n) is 20.8. The van der Waals surface area contributed by atoms with E-state index in [2.05, 4.69) is 5.32 Å². The fourth-order valence-electron chi connectivity index (χ4n) is 4.78. The van der Waals surface area contributed by atoms with E-state index in [1.54, 1.807) is 30.3 Å². The van der Waals surface area contributed by atoms with E-state index in [1.807, 2.05) is 30.3 Å². The third-order valence-electron chi connectivity index (χ3n) is 6.67. The largest absolute Gasteiger partial charge is 0.466 e. The highest BCUT2D eigenvalue weighted by Crippen LogP contribution is 2.51. The van der Waals surface area contributed by atoms with Crippen molar-refractivity contribution >= 4 is 57.0 Å². The molecule has 4 aromatic rings. The van der Waals surface area contributed by atoms with Crippen LogP contribution in [0.25, 0.3) is 0 Å². The molecule has 0 amide bonds. The first-order valence-corrected chi connectivity index (χ1v) is 13.7. The summed E-state index contributed by atoms with van der Waals surface area (Å²) in [5.41, 5.74) is 9.71. The molecule has 0 saturated heterocycles. The third-order valence-corrected chi connectivity index (χ3v) is 8.54. The second kappa shape index (κ2) is 11.2. The summed E-state index contributed by atoms with van der Waals surface area (Å²) >= 11 is 13.3. The molecule has 3 N–H and O–H groups in total. The number of nitrogens with two attached hydrogens (primary N) is 1. The molecular formula is C30H23Cl2FN2O3S. The average Bonchev–Trinajstić information content (AvgIpc) is 3.28. The molecule has 1 aromatic heterocycles. The molecule has 198 valence electrons. The lowest BCUT2D eigenvalue weighted by Crippen LogP contribution is -2.25. The summed E-state index contributed by atoms with van der Waals surface area (Å²) in [5.74, 6) is -2.34. The minimum Gasteiger partial charge on any atom is -0.466 e. The molecule has 0 radical (unpaired) electrons. The van der Waals surface area contributed by atoms with Crippen LogP contribution in [0.15, 0.2) is 84.1 Å². The summed E-state index contributed by atoms with van der Waals surface area (Å²) in [6.07, 6.45) is 1.08. The Bertz CT molecular complexity index is 1620. The predicted octanol–water partition coefficient (Wildman–Crippen LogP) is 7.62. The second-order valence-corrected chi connectivity index (χ2v) is 10.8. The number of aryl methyl sites for hydroxylation is 1. The fraction of sp³-hybridized carbons (Fsp3) is 0.133. The number of nitrogen functional groups attached to an aromatic ring is 1. The van der Waals surface area contributed by atoms with Gasteiger partial charge in [0.2, 0.25) is 5.78 Å². The SMILES string of the molecule is COC(=O)C1=C(CCc2ccccc2)Nc2sc(C(=O)c3ccc(Cl)c(Cl)c3)c(N)c2C1c1ccccc1F. The van der Waals surface area contributed by atoms with Crippen molar-refractivity contribution in [1.29, 1.82) is 0 Å². The molecular weight excluding hydrogens is 558 g/mol. The Hall–Kier alpha value is -3.65. The molecule has 2 heterocycles. The van der Waals surface area contributed by atoms with E-state index in [1.165, 1.54) is 19.2 Å². The molecule has 0 fully saturated rings. The lowest BCUT2D eigenvalue weighted by atomic mass is 9.80. The van der Waals surface area contributed by atoms with E-state index in [9.17, 15) is 9.59 Å². The number of benzene rings is 3. The van der Waals surface area contributed by atoms with Gasteiger partial charge in [-0.3, -0.25) is 4.79 Å². The monoisotopic (exact) mass is 580 g/mol. The number of rotatable bonds is 7. The van der Waals surface area contributed by atoms with Crippen molar-refractivity contribution in [2.24, 2.45) is 0 Å². The van der Waals surface area contributed by atoms with Crippen LogP contribution in [-0.2, 0) is 16.0 Å². The van der Waals surface area contributed by atoms with Crippen molar-refractivity contribution in [1.82, 2.24) is 0 Å². The van der Waals surface area contributed by atoms with E-state index in [0.29, 0.717) is 39.7 Å². The standard InChI is InChI=1S/C30H23Cl2FN2O3S/c1-38-30(37)24-22(14-11-16-7-3-2-4-8-16)35-29-25(23(24)18-9-5-6-10-21(18)33)26(34)28(39-29)27(36)17-12-13-19(31)20(32)15-17/h2-10,12-13,15,23,35H,11,14,34H2,1H3. The molecule has 1 unspecified atom stereocenters. The molecule has 1 atom stereocenters. The van der Waals surface area contributed by atoms with Crippen molar-refractivity contribution in [3.8, 4) is 0 Å². The van der Waals surface area contributed by atoms with Gasteiger partial charge in [-0.2, -0.15) is 0 Å². The minimum absolute atomic E-state index is 0.162. The van der Waals surface area contributed by atoms with Crippen molar-refractivity contribution in [3.05, 3.63) is 127 Å². The van der Waals surface area contributed by atoms with Crippen molar-refractivity contribution in [3.63, 3.8) is 0 Å². The van der Waals surface area contributed by atoms with Crippen LogP contribution in [0.4, 0.5) is 15.1 Å². The molecule has 1 aliphatic heterocycles. The first-order chi connectivity index (χ1) is 18.8. The molecule has 0 bridgehead atoms. The van der Waals surface area contributed by atoms with E-state index >= 15 is 4.39 Å². The minimum atomic E-state index is -0.882. The van der Waals surface area contributed by atoms with Crippen LogP contribution in [0.5, 0.6) is 0 Å². The number of halogens is 3. The summed E-state index contributed by atoms with van der Waals surface area (Å²) in [7, 11) is 1.29. The maximum absolute atomic E-state index is 15.3. The summed E-state index contributed by atoms with van der Waals surface area (Å²) in [6.45, 7) is 0. The van der Waals surface area contributed by atoms with Crippen molar-refractivity contribution in [2.75, 3.05) is 18.2 Å². The van der Waals surface area contributed by atoms with Gasteiger partial charge in [0.15, 0.2) is 0 Å². The van der Waals surface area contributed by atoms with Crippen LogP contribution in [0.3, 0.4) is 0 Å². The number of ketones is 1. The molecule has 0 saturated carbocycles. The summed E-state index contributed by atoms with van der Waals surface area (Å²) in [4.78, 5) is 27.1. The Labute approximate surface area is 239 Å². The van der Waals surface area contributed by atoms with Crippen molar-refractivity contribution in [2.45, 2.75) is 18.8 Å². The predicted molar refractivity (Wildman–Crippen MR) is 154 cm³/mol. The van der Waals surface area contributed by atoms with Crippen LogP contribution in [0, 0.1) is 5.82 Å². The number of methoxy groups -OCH3 is 1. The quantitative estimate of drug-likeness (QED) is 0.173. The number of thiophene rings is 1. The van der Waals surface area contributed by atoms with E-state index in [0.717, 1.165) is 16.9 Å². The second-order valence-electron chi connectivity index (χ2n) is 8.99. The summed E-state index contributed by atoms with van der Waals surface area (Å²) in [5, 5.41) is 4.47. The highest BCUT2D eigenvalue weighted by Gasteiger charge is 2.39. The maximum atomic E-state index is 15.3. The fourth-order valence-corrected chi connectivity index (χ4v) is 6.22. The number of anilines is 2. The summed E-state index contributed by atoms with van der Waals surface area (Å²) < 4.78 is 20.5. The number of fused-ring (bicyclic) bond motifs is 1. The van der Waals surface area contributed by atoms with Gasteiger partial charge in [-0.25, -0.2) is 9.18 Å². The molecule has 9 heteroatoms. The van der Waals surface area contributed by atoms with Gasteiger partial charge in [-0.05, 0) is 42.7 Å². The number of ether oxygens (including phenoxy) is 1. The first kappa shape index (κ1) is 26.9. The van der Waals surface area contributed by atoms with Gasteiger partial charge in [-0.15, -0.1) is 11.3 Å². The molecule has 0 aliphatic carbocycles. The summed E-state index contributed by atoms with van der Waals surface area (Å²) in [6, 6.07) is 20.6. The third kappa shape index (κ3) is 5.17. The number of hydrogen-bond donors (Lipinski definition) is 2. The van der Waals surface area contributed by atoms with Crippen molar-refractivity contribution < 1.29 is 18.7 Å². The Kier molecular flexibility index (Phi) is 7.75. The van der Waals surface area contributed by atoms with E-state index in [4.69, 9.17) is 33.7 Å². The van der Waals surface area contributed by atoms with Crippen LogP contribution >= 0.6 is 34.5 Å². The molecule has 5 nitrogen and oxygen atoms in total. The van der Waals surface area contributed by atoms with Gasteiger partial charge in [0.1, 0.15) is 10.7 Å². The average molecular weight is 581 g/mol. The Morgan fingerprint density at radius 2 is 1.72 bits per heavy atom. The molecule has 0 spiro atoms. The highest BCUT2D eigenvalue weighted by molar-refractivity contribution is 7.19. The van der Waals surface area contributed by atoms with Crippen LogP contribution in [0.2, 0.25) is 10.0 Å². The van der Waals surface area contributed by atoms with Crippen LogP contribution in [0.1, 0.15) is 44.3 Å². The van der Waals surface area contributed by atoms with Crippen LogP contribution in [-0.4, -0.2) is 18.9 Å². The molecule has 3 aromatic carbocycles. The topological polar surface area (TPSA) is 81.4 Å². The highest BCUT2D eigenvalue weighted by atomic mass is 35.5. The van der Waals surface area contributed by atoms with Gasteiger partial charge in [0.25, 0.3) is 0 Å². The van der Waals surface area contributed by atoms with Gasteiger partial charge >= 0.3 is 5.97 Å². The number of esters is 1. The Morgan fingerprint density at radius 1 is 1.00 bits per heavy atom. The Morgan fingerprint density at radius 3 is 2.41 bits per heavy atom. The zero-order valence-corrected chi connectivity index (χ0v) is 23.1. The van der Waals surface area contributed by atoms with E-state index < -0.39 is 17.7 Å². The van der Waals surface area contributed by atoms with Crippen LogP contribution < -0.4 is 11.1 Å². The van der Waals surface area contributed by atoms with Gasteiger partial charge in [0, 0.05) is 22.4 Å². The maximum Gasteiger partial charge on any atom is 0.336 e. The lowest BCUT2D eigenvalue weighted by molar-refractivity contribution is -0.136. The lowest BCUT2D eigenvalue weighted by Gasteiger charge is -2.30. The van der Waals surface area contributed by atoms with Gasteiger partial charge in [-0.1, -0.05) is 71.7 Å². The molecule has 39 heavy (non-hydrogen) atoms. The molecule has 5 rings (SSSR count). The van der Waals surface area contributed by atoms with Gasteiger partial charge < -0.3 is 15.8 Å². The smallest absolute Gasteiger partial charge is 0.336 e. The number of carbonyl (C=O) groups excluding carboxylic acids is 2. The zero-order chi connectivity index (χ0) is 27.7. The molecule has 1 aliphatic rings. The number of nitrogens with one attached hydrogen (secondary N) is 1. The normalized spacial score (nSPS) is 14.5. The first-order valence-electron chi connectivity index (χ1n) is 12.1. The number of carbonyl (C=O) groups is 2.